The van der Waals surface area contributed by atoms with E-state index in [1.807, 2.05) is 24.3 Å². The number of hydrogen-bond donors (Lipinski definition) is 2. The normalized spacial score (nSPS) is 15.3. The van der Waals surface area contributed by atoms with E-state index in [2.05, 4.69) is 15.6 Å². The van der Waals surface area contributed by atoms with Gasteiger partial charge in [-0.05, 0) is 38.1 Å². The molecular formula is C18H24Cl3N3O2S. The quantitative estimate of drug-likeness (QED) is 0.694. The predicted molar refractivity (Wildman–Crippen MR) is 116 cm³/mol. The Balaban J connectivity index is 0.00000182. The first kappa shape index (κ1) is 24.1. The maximum atomic E-state index is 12.5. The third kappa shape index (κ3) is 6.31. The maximum absolute atomic E-state index is 12.5. The van der Waals surface area contributed by atoms with Crippen molar-refractivity contribution in [1.29, 1.82) is 0 Å². The van der Waals surface area contributed by atoms with Crippen LogP contribution in [-0.4, -0.2) is 44.2 Å². The van der Waals surface area contributed by atoms with Gasteiger partial charge in [0.15, 0.2) is 0 Å². The van der Waals surface area contributed by atoms with Gasteiger partial charge in [-0.25, -0.2) is 4.98 Å². The highest BCUT2D eigenvalue weighted by Gasteiger charge is 2.32. The summed E-state index contributed by atoms with van der Waals surface area (Å²) >= 11 is 7.47. The van der Waals surface area contributed by atoms with Crippen molar-refractivity contribution < 1.29 is 9.53 Å². The number of carbonyl (C=O) groups excluding carboxylic acids is 1. The number of piperidine rings is 1. The van der Waals surface area contributed by atoms with Crippen LogP contribution in [0.3, 0.4) is 0 Å². The van der Waals surface area contributed by atoms with Crippen molar-refractivity contribution >= 4 is 53.7 Å². The number of thiazole rings is 1. The average Bonchev–Trinajstić information content (AvgIpc) is 3.11. The van der Waals surface area contributed by atoms with E-state index in [0.717, 1.165) is 36.5 Å². The van der Waals surface area contributed by atoms with Gasteiger partial charge in [0.05, 0.1) is 6.61 Å². The van der Waals surface area contributed by atoms with Crippen molar-refractivity contribution in [3.05, 3.63) is 40.4 Å². The van der Waals surface area contributed by atoms with Crippen molar-refractivity contribution in [2.24, 2.45) is 5.41 Å². The van der Waals surface area contributed by atoms with Gasteiger partial charge in [-0.2, -0.15) is 0 Å². The van der Waals surface area contributed by atoms with E-state index in [1.54, 1.807) is 12.5 Å². The molecular weight excluding hydrogens is 429 g/mol. The van der Waals surface area contributed by atoms with Crippen molar-refractivity contribution in [2.45, 2.75) is 12.8 Å². The van der Waals surface area contributed by atoms with Crippen LogP contribution in [0.25, 0.3) is 10.6 Å². The second-order valence-electron chi connectivity index (χ2n) is 6.41. The van der Waals surface area contributed by atoms with Crippen LogP contribution in [0.5, 0.6) is 0 Å². The van der Waals surface area contributed by atoms with Gasteiger partial charge in [-0.1, -0.05) is 23.7 Å². The first-order valence-electron chi connectivity index (χ1n) is 8.31. The number of ether oxygens (including phenoxy) is 1. The summed E-state index contributed by atoms with van der Waals surface area (Å²) in [6.45, 7) is 3.16. The Labute approximate surface area is 181 Å². The number of rotatable bonds is 6. The third-order valence-electron chi connectivity index (χ3n) is 4.55. The number of methoxy groups -OCH3 is 1. The zero-order valence-electron chi connectivity index (χ0n) is 15.0. The standard InChI is InChI=1S/C18H22ClN3O2S.2ClH/c1-24-12-18(5-7-20-8-6-18)11-21-16(23)15-10-25-17(22-15)13-3-2-4-14(19)9-13;;/h2-4,9-10,20H,5-8,11-12H2,1H3,(H,21,23);2*1H. The fraction of sp³-hybridized carbons (Fsp3) is 0.444. The van der Waals surface area contributed by atoms with Gasteiger partial charge in [-0.15, -0.1) is 36.2 Å². The minimum Gasteiger partial charge on any atom is -0.384 e. The molecule has 1 aliphatic rings. The van der Waals surface area contributed by atoms with Crippen LogP contribution in [0, 0.1) is 5.41 Å². The summed E-state index contributed by atoms with van der Waals surface area (Å²) in [6.07, 6.45) is 1.98. The van der Waals surface area contributed by atoms with E-state index >= 15 is 0 Å². The number of amides is 1. The van der Waals surface area contributed by atoms with Gasteiger partial charge in [0, 0.05) is 35.0 Å². The molecule has 2 N–H and O–H groups in total. The molecule has 1 aromatic heterocycles. The number of nitrogens with one attached hydrogen (secondary N) is 2. The van der Waals surface area contributed by atoms with Gasteiger partial charge in [0.1, 0.15) is 10.7 Å². The summed E-state index contributed by atoms with van der Waals surface area (Å²) in [6, 6.07) is 7.49. The average molecular weight is 453 g/mol. The molecule has 0 unspecified atom stereocenters. The molecule has 1 aromatic carbocycles. The van der Waals surface area contributed by atoms with Gasteiger partial charge in [0.2, 0.25) is 0 Å². The van der Waals surface area contributed by atoms with Gasteiger partial charge in [-0.3, -0.25) is 4.79 Å². The minimum absolute atomic E-state index is 0. The molecule has 0 saturated carbocycles. The molecule has 0 atom stereocenters. The highest BCUT2D eigenvalue weighted by Crippen LogP contribution is 2.29. The molecule has 0 radical (unpaired) electrons. The van der Waals surface area contributed by atoms with Gasteiger partial charge >= 0.3 is 0 Å². The molecule has 1 saturated heterocycles. The van der Waals surface area contributed by atoms with Crippen LogP contribution < -0.4 is 10.6 Å². The van der Waals surface area contributed by atoms with Crippen LogP contribution in [0.4, 0.5) is 0 Å². The van der Waals surface area contributed by atoms with Crippen LogP contribution in [0.1, 0.15) is 23.3 Å². The summed E-state index contributed by atoms with van der Waals surface area (Å²) in [4.78, 5) is 17.0. The Bertz CT molecular complexity index is 731. The van der Waals surface area contributed by atoms with E-state index < -0.39 is 0 Å². The van der Waals surface area contributed by atoms with Crippen molar-refractivity contribution in [1.82, 2.24) is 15.6 Å². The van der Waals surface area contributed by atoms with Crippen LogP contribution in [-0.2, 0) is 4.74 Å². The molecule has 9 heteroatoms. The molecule has 2 aromatic rings. The van der Waals surface area contributed by atoms with Crippen LogP contribution in [0.15, 0.2) is 29.6 Å². The van der Waals surface area contributed by atoms with Crippen LogP contribution >= 0.6 is 47.8 Å². The first-order valence-corrected chi connectivity index (χ1v) is 9.57. The second-order valence-corrected chi connectivity index (χ2v) is 7.71. The summed E-state index contributed by atoms with van der Waals surface area (Å²) in [5, 5.41) is 9.64. The molecule has 1 amide bonds. The minimum atomic E-state index is -0.140. The smallest absolute Gasteiger partial charge is 0.270 e. The zero-order chi connectivity index (χ0) is 17.7. The van der Waals surface area contributed by atoms with E-state index in [4.69, 9.17) is 16.3 Å². The lowest BCUT2D eigenvalue weighted by molar-refractivity contribution is 0.0511. The second kappa shape index (κ2) is 11.2. The molecule has 3 rings (SSSR count). The monoisotopic (exact) mass is 451 g/mol. The molecule has 5 nitrogen and oxygen atoms in total. The van der Waals surface area contributed by atoms with E-state index in [1.165, 1.54) is 11.3 Å². The molecule has 1 fully saturated rings. The summed E-state index contributed by atoms with van der Waals surface area (Å²) < 4.78 is 5.39. The summed E-state index contributed by atoms with van der Waals surface area (Å²) in [7, 11) is 1.71. The Hall–Kier alpha value is -0.890. The number of halogens is 3. The fourth-order valence-electron chi connectivity index (χ4n) is 3.13. The summed E-state index contributed by atoms with van der Waals surface area (Å²) in [5.41, 5.74) is 1.37. The van der Waals surface area contributed by atoms with Crippen LogP contribution in [0.2, 0.25) is 5.02 Å². The topological polar surface area (TPSA) is 63.2 Å². The molecule has 0 spiro atoms. The predicted octanol–water partition coefficient (Wildman–Crippen LogP) is 4.05. The van der Waals surface area contributed by atoms with E-state index in [9.17, 15) is 4.79 Å². The molecule has 27 heavy (non-hydrogen) atoms. The highest BCUT2D eigenvalue weighted by molar-refractivity contribution is 7.13. The lowest BCUT2D eigenvalue weighted by Crippen LogP contribution is -2.47. The molecule has 0 bridgehead atoms. The zero-order valence-corrected chi connectivity index (χ0v) is 18.2. The number of aromatic nitrogens is 1. The highest BCUT2D eigenvalue weighted by atomic mass is 35.5. The molecule has 150 valence electrons. The van der Waals surface area contributed by atoms with E-state index in [0.29, 0.717) is 23.9 Å². The Morgan fingerprint density at radius 2 is 2.11 bits per heavy atom. The lowest BCUT2D eigenvalue weighted by Gasteiger charge is -2.37. The number of nitrogens with zero attached hydrogens (tertiary/aromatic N) is 1. The number of benzene rings is 1. The fourth-order valence-corrected chi connectivity index (χ4v) is 4.11. The molecule has 1 aliphatic heterocycles. The van der Waals surface area contributed by atoms with E-state index in [-0.39, 0.29) is 36.1 Å². The van der Waals surface area contributed by atoms with Gasteiger partial charge < -0.3 is 15.4 Å². The van der Waals surface area contributed by atoms with Crippen molar-refractivity contribution in [3.63, 3.8) is 0 Å². The Morgan fingerprint density at radius 1 is 1.37 bits per heavy atom. The van der Waals surface area contributed by atoms with Gasteiger partial charge in [0.25, 0.3) is 5.91 Å². The van der Waals surface area contributed by atoms with Crippen molar-refractivity contribution in [3.8, 4) is 10.6 Å². The molecule has 2 heterocycles. The maximum Gasteiger partial charge on any atom is 0.270 e. The van der Waals surface area contributed by atoms with Crippen molar-refractivity contribution in [2.75, 3.05) is 33.4 Å². The SMILES string of the molecule is COCC1(CNC(=O)c2csc(-c3cccc(Cl)c3)n2)CCNCC1.Cl.Cl. The Morgan fingerprint density at radius 3 is 2.78 bits per heavy atom. The third-order valence-corrected chi connectivity index (χ3v) is 5.67. The molecule has 0 aliphatic carbocycles. The largest absolute Gasteiger partial charge is 0.384 e. The Kier molecular flexibility index (Phi) is 10.0. The summed E-state index contributed by atoms with van der Waals surface area (Å²) in [5.74, 6) is -0.140. The number of carbonyl (C=O) groups is 1. The first-order chi connectivity index (χ1) is 12.1. The number of hydrogen-bond acceptors (Lipinski definition) is 5. The lowest BCUT2D eigenvalue weighted by atomic mass is 9.79.